The Balaban J connectivity index is 2.05. The van der Waals surface area contributed by atoms with E-state index in [0.29, 0.717) is 6.04 Å². The van der Waals surface area contributed by atoms with Crippen molar-refractivity contribution in [2.24, 2.45) is 0 Å². The number of likely N-dealkylation sites (N-methyl/N-ethyl adjacent to an activating group) is 1. The Kier molecular flexibility index (Phi) is 3.78. The lowest BCUT2D eigenvalue weighted by Crippen LogP contribution is -2.33. The van der Waals surface area contributed by atoms with Crippen LogP contribution in [0.4, 0.5) is 0 Å². The Labute approximate surface area is 103 Å². The molecule has 0 radical (unpaired) electrons. The molecule has 3 heteroatoms. The van der Waals surface area contributed by atoms with E-state index < -0.39 is 0 Å². The van der Waals surface area contributed by atoms with Gasteiger partial charge in [-0.15, -0.1) is 0 Å². The van der Waals surface area contributed by atoms with E-state index in [4.69, 9.17) is 5.26 Å². The summed E-state index contributed by atoms with van der Waals surface area (Å²) in [6, 6.07) is 8.77. The second-order valence-corrected chi connectivity index (χ2v) is 4.81. The maximum absolute atomic E-state index is 8.84. The van der Waals surface area contributed by atoms with Crippen LogP contribution in [0, 0.1) is 18.3 Å². The number of hydrogen-bond acceptors (Lipinski definition) is 3. The van der Waals surface area contributed by atoms with Crippen LogP contribution in [0.1, 0.15) is 23.1 Å². The van der Waals surface area contributed by atoms with Crippen LogP contribution in [0.5, 0.6) is 0 Å². The van der Waals surface area contributed by atoms with E-state index in [9.17, 15) is 0 Å². The van der Waals surface area contributed by atoms with Crippen molar-refractivity contribution in [3.63, 3.8) is 0 Å². The van der Waals surface area contributed by atoms with E-state index in [1.807, 2.05) is 12.1 Å². The van der Waals surface area contributed by atoms with Gasteiger partial charge in [-0.25, -0.2) is 0 Å². The number of benzene rings is 1. The average molecular weight is 229 g/mol. The first-order chi connectivity index (χ1) is 8.20. The second kappa shape index (κ2) is 5.31. The van der Waals surface area contributed by atoms with Gasteiger partial charge in [-0.3, -0.25) is 4.90 Å². The molecular formula is C14H19N3. The molecule has 0 spiro atoms. The summed E-state index contributed by atoms with van der Waals surface area (Å²) in [5.41, 5.74) is 3.27. The van der Waals surface area contributed by atoms with Crippen molar-refractivity contribution < 1.29 is 0 Å². The number of nitrogens with zero attached hydrogens (tertiary/aromatic N) is 2. The molecule has 0 aliphatic carbocycles. The van der Waals surface area contributed by atoms with Crippen LogP contribution < -0.4 is 5.32 Å². The number of rotatable bonds is 3. The molecule has 3 nitrogen and oxygen atoms in total. The van der Waals surface area contributed by atoms with Gasteiger partial charge < -0.3 is 5.32 Å². The summed E-state index contributed by atoms with van der Waals surface area (Å²) in [5.74, 6) is 0. The van der Waals surface area contributed by atoms with E-state index in [1.165, 1.54) is 17.5 Å². The Morgan fingerprint density at radius 2 is 2.35 bits per heavy atom. The van der Waals surface area contributed by atoms with Crippen molar-refractivity contribution >= 4 is 0 Å². The molecule has 0 amide bonds. The molecular weight excluding hydrogens is 210 g/mol. The van der Waals surface area contributed by atoms with Gasteiger partial charge in [0.05, 0.1) is 11.6 Å². The van der Waals surface area contributed by atoms with Crippen LogP contribution in [0.25, 0.3) is 0 Å². The summed E-state index contributed by atoms with van der Waals surface area (Å²) in [6.45, 7) is 5.26. The summed E-state index contributed by atoms with van der Waals surface area (Å²) in [5, 5.41) is 12.2. The topological polar surface area (TPSA) is 39.1 Å². The zero-order valence-corrected chi connectivity index (χ0v) is 10.5. The molecule has 1 unspecified atom stereocenters. The first-order valence-corrected chi connectivity index (χ1v) is 6.11. The van der Waals surface area contributed by atoms with Crippen molar-refractivity contribution in [3.05, 3.63) is 34.9 Å². The summed E-state index contributed by atoms with van der Waals surface area (Å²) >= 11 is 0. The van der Waals surface area contributed by atoms with Crippen molar-refractivity contribution in [1.82, 2.24) is 10.2 Å². The molecule has 0 bridgehead atoms. The van der Waals surface area contributed by atoms with E-state index in [2.05, 4.69) is 36.3 Å². The van der Waals surface area contributed by atoms with Gasteiger partial charge >= 0.3 is 0 Å². The minimum Gasteiger partial charge on any atom is -0.315 e. The lowest BCUT2D eigenvalue weighted by molar-refractivity contribution is 0.248. The van der Waals surface area contributed by atoms with Crippen LogP contribution in [-0.2, 0) is 6.54 Å². The van der Waals surface area contributed by atoms with Gasteiger partial charge in [0.2, 0.25) is 0 Å². The Hall–Kier alpha value is -1.37. The van der Waals surface area contributed by atoms with Crippen LogP contribution >= 0.6 is 0 Å². The predicted octanol–water partition coefficient (Wildman–Crippen LogP) is 1.66. The summed E-state index contributed by atoms with van der Waals surface area (Å²) in [4.78, 5) is 2.40. The smallest absolute Gasteiger partial charge is 0.0991 e. The van der Waals surface area contributed by atoms with Gasteiger partial charge in [0.1, 0.15) is 0 Å². The minimum absolute atomic E-state index is 0.644. The third-order valence-electron chi connectivity index (χ3n) is 3.55. The summed E-state index contributed by atoms with van der Waals surface area (Å²) in [7, 11) is 2.18. The molecule has 0 saturated carbocycles. The zero-order chi connectivity index (χ0) is 12.3. The fourth-order valence-electron chi connectivity index (χ4n) is 2.36. The highest BCUT2D eigenvalue weighted by Gasteiger charge is 2.19. The fraction of sp³-hybridized carbons (Fsp3) is 0.500. The largest absolute Gasteiger partial charge is 0.315 e. The van der Waals surface area contributed by atoms with E-state index in [1.54, 1.807) is 0 Å². The molecule has 1 aliphatic rings. The molecule has 1 fully saturated rings. The summed E-state index contributed by atoms with van der Waals surface area (Å²) in [6.07, 6.45) is 1.23. The van der Waals surface area contributed by atoms with Crippen molar-refractivity contribution in [1.29, 1.82) is 5.26 Å². The van der Waals surface area contributed by atoms with E-state index in [-0.39, 0.29) is 0 Å². The highest BCUT2D eigenvalue weighted by Crippen LogP contribution is 2.15. The van der Waals surface area contributed by atoms with Crippen LogP contribution in [0.2, 0.25) is 0 Å². The van der Waals surface area contributed by atoms with Gasteiger partial charge in [-0.2, -0.15) is 5.26 Å². The Morgan fingerprint density at radius 3 is 2.94 bits per heavy atom. The fourth-order valence-corrected chi connectivity index (χ4v) is 2.36. The van der Waals surface area contributed by atoms with E-state index >= 15 is 0 Å². The number of nitriles is 1. The molecule has 1 aromatic rings. The van der Waals surface area contributed by atoms with Crippen LogP contribution in [-0.4, -0.2) is 31.1 Å². The number of nitrogens with one attached hydrogen (secondary N) is 1. The summed E-state index contributed by atoms with van der Waals surface area (Å²) < 4.78 is 0. The standard InChI is InChI=1S/C14H19N3/c1-11-7-12(8-15)3-4-13(11)10-17(2)14-5-6-16-9-14/h3-4,7,14,16H,5-6,9-10H2,1-2H3. The third-order valence-corrected chi connectivity index (χ3v) is 3.55. The average Bonchev–Trinajstić information content (AvgIpc) is 2.85. The lowest BCUT2D eigenvalue weighted by Gasteiger charge is -2.24. The molecule has 1 aromatic carbocycles. The predicted molar refractivity (Wildman–Crippen MR) is 68.6 cm³/mol. The maximum atomic E-state index is 8.84. The van der Waals surface area contributed by atoms with Gasteiger partial charge in [0.25, 0.3) is 0 Å². The zero-order valence-electron chi connectivity index (χ0n) is 10.5. The quantitative estimate of drug-likeness (QED) is 0.856. The van der Waals surface area contributed by atoms with Crippen molar-refractivity contribution in [3.8, 4) is 6.07 Å². The first kappa shape index (κ1) is 12.1. The molecule has 1 N–H and O–H groups in total. The van der Waals surface area contributed by atoms with Crippen LogP contribution in [0.3, 0.4) is 0 Å². The molecule has 1 saturated heterocycles. The SMILES string of the molecule is Cc1cc(C#N)ccc1CN(C)C1CCNC1. The monoisotopic (exact) mass is 229 g/mol. The highest BCUT2D eigenvalue weighted by molar-refractivity contribution is 5.37. The molecule has 0 aromatic heterocycles. The normalized spacial score (nSPS) is 19.5. The van der Waals surface area contributed by atoms with Gasteiger partial charge in [-0.05, 0) is 50.2 Å². The van der Waals surface area contributed by atoms with Crippen molar-refractivity contribution in [2.45, 2.75) is 25.9 Å². The second-order valence-electron chi connectivity index (χ2n) is 4.81. The molecule has 1 heterocycles. The molecule has 90 valence electrons. The molecule has 1 atom stereocenters. The Bertz CT molecular complexity index is 428. The molecule has 2 rings (SSSR count). The Morgan fingerprint density at radius 1 is 1.53 bits per heavy atom. The van der Waals surface area contributed by atoms with Gasteiger partial charge in [0, 0.05) is 19.1 Å². The molecule has 17 heavy (non-hydrogen) atoms. The maximum Gasteiger partial charge on any atom is 0.0991 e. The number of hydrogen-bond donors (Lipinski definition) is 1. The molecule has 1 aliphatic heterocycles. The van der Waals surface area contributed by atoms with Crippen molar-refractivity contribution in [2.75, 3.05) is 20.1 Å². The minimum atomic E-state index is 0.644. The third kappa shape index (κ3) is 2.85. The van der Waals surface area contributed by atoms with Crippen LogP contribution in [0.15, 0.2) is 18.2 Å². The highest BCUT2D eigenvalue weighted by atomic mass is 15.2. The first-order valence-electron chi connectivity index (χ1n) is 6.11. The lowest BCUT2D eigenvalue weighted by atomic mass is 10.0. The van der Waals surface area contributed by atoms with Gasteiger partial charge in [0.15, 0.2) is 0 Å². The van der Waals surface area contributed by atoms with Gasteiger partial charge in [-0.1, -0.05) is 6.07 Å². The van der Waals surface area contributed by atoms with E-state index in [0.717, 1.165) is 25.2 Å². The number of aryl methyl sites for hydroxylation is 1.